The monoisotopic (exact) mass is 466 g/mol. The first-order valence-electron chi connectivity index (χ1n) is 11.2. The van der Waals surface area contributed by atoms with Crippen LogP contribution >= 0.6 is 0 Å². The topological polar surface area (TPSA) is 80.7 Å². The van der Waals surface area contributed by atoms with Crippen LogP contribution in [0.2, 0.25) is 0 Å². The first kappa shape index (κ1) is 24.9. The molecule has 0 aliphatic carbocycles. The molecule has 0 bridgehead atoms. The Hall–Kier alpha value is -2.72. The van der Waals surface area contributed by atoms with Crippen molar-refractivity contribution in [1.82, 2.24) is 14.1 Å². The third-order valence-electron chi connectivity index (χ3n) is 5.71. The SMILES string of the molecule is C[C@@H](CS(=O)C(C)(C)C)c1ccc(C#N)c(-c2ccc3c(n2)n(C)c(=O)n3CC(C)(C)C)c1. The van der Waals surface area contributed by atoms with Crippen LogP contribution in [0.3, 0.4) is 0 Å². The predicted octanol–water partition coefficient (Wildman–Crippen LogP) is 4.97. The average Bonchev–Trinajstić information content (AvgIpc) is 2.95. The lowest BCUT2D eigenvalue weighted by Crippen LogP contribution is -2.27. The van der Waals surface area contributed by atoms with Crippen LogP contribution in [-0.2, 0) is 24.4 Å². The summed E-state index contributed by atoms with van der Waals surface area (Å²) in [7, 11) is 0.751. The lowest BCUT2D eigenvalue weighted by atomic mass is 9.95. The number of aryl methyl sites for hydroxylation is 1. The molecule has 2 heterocycles. The third kappa shape index (κ3) is 5.27. The number of nitrogens with zero attached hydrogens (tertiary/aromatic N) is 4. The van der Waals surface area contributed by atoms with Gasteiger partial charge in [0.05, 0.1) is 22.8 Å². The molecule has 0 aliphatic rings. The maximum atomic E-state index is 12.9. The van der Waals surface area contributed by atoms with Gasteiger partial charge in [-0.3, -0.25) is 13.3 Å². The van der Waals surface area contributed by atoms with Crippen molar-refractivity contribution < 1.29 is 4.21 Å². The summed E-state index contributed by atoms with van der Waals surface area (Å²) in [6.07, 6.45) is 0. The van der Waals surface area contributed by atoms with E-state index < -0.39 is 10.8 Å². The molecule has 2 atom stereocenters. The minimum Gasteiger partial charge on any atom is -0.290 e. The Morgan fingerprint density at radius 1 is 1.12 bits per heavy atom. The average molecular weight is 467 g/mol. The Balaban J connectivity index is 2.09. The van der Waals surface area contributed by atoms with Crippen molar-refractivity contribution in [2.75, 3.05) is 5.75 Å². The number of rotatable bonds is 5. The van der Waals surface area contributed by atoms with Crippen LogP contribution in [0.4, 0.5) is 0 Å². The molecule has 0 saturated carbocycles. The number of hydrogen-bond donors (Lipinski definition) is 0. The number of aromatic nitrogens is 3. The highest BCUT2D eigenvalue weighted by Crippen LogP contribution is 2.30. The summed E-state index contributed by atoms with van der Waals surface area (Å²) in [5, 5.41) is 9.72. The minimum absolute atomic E-state index is 0.0532. The van der Waals surface area contributed by atoms with Gasteiger partial charge < -0.3 is 0 Å². The highest BCUT2D eigenvalue weighted by molar-refractivity contribution is 7.86. The summed E-state index contributed by atoms with van der Waals surface area (Å²) < 4.78 is 15.7. The van der Waals surface area contributed by atoms with E-state index in [2.05, 4.69) is 33.8 Å². The summed E-state index contributed by atoms with van der Waals surface area (Å²) in [5.74, 6) is 0.614. The molecule has 0 N–H and O–H groups in total. The highest BCUT2D eigenvalue weighted by atomic mass is 32.2. The zero-order chi connectivity index (χ0) is 24.7. The minimum atomic E-state index is -0.978. The van der Waals surface area contributed by atoms with Gasteiger partial charge in [-0.1, -0.05) is 33.8 Å². The zero-order valence-electron chi connectivity index (χ0n) is 20.9. The molecule has 0 radical (unpaired) electrons. The van der Waals surface area contributed by atoms with Gasteiger partial charge in [-0.05, 0) is 61.9 Å². The standard InChI is InChI=1S/C26H34N4O2S/c1-17(15-33(32)26(5,6)7)18-9-10-19(14-27)20(13-18)21-11-12-22-23(28-21)29(8)24(31)30(22)16-25(2,3)4/h9-13,17H,15-16H2,1-8H3/t17-,33?/m0/s1. The van der Waals surface area contributed by atoms with Gasteiger partial charge >= 0.3 is 5.69 Å². The molecule has 7 heteroatoms. The maximum Gasteiger partial charge on any atom is 0.330 e. The Bertz CT molecular complexity index is 1310. The Kier molecular flexibility index (Phi) is 6.72. The second-order valence-corrected chi connectivity index (χ2v) is 13.2. The molecule has 6 nitrogen and oxygen atoms in total. The Morgan fingerprint density at radius 2 is 1.79 bits per heavy atom. The van der Waals surface area contributed by atoms with E-state index in [1.807, 2.05) is 45.0 Å². The van der Waals surface area contributed by atoms with Gasteiger partial charge in [0, 0.05) is 40.5 Å². The van der Waals surface area contributed by atoms with Crippen molar-refractivity contribution in [3.05, 3.63) is 51.9 Å². The molecule has 176 valence electrons. The van der Waals surface area contributed by atoms with E-state index >= 15 is 0 Å². The number of hydrogen-bond acceptors (Lipinski definition) is 4. The number of nitriles is 1. The summed E-state index contributed by atoms with van der Waals surface area (Å²) in [6.45, 7) is 14.9. The molecule has 0 fully saturated rings. The van der Waals surface area contributed by atoms with Crippen LogP contribution in [0.1, 0.15) is 65.5 Å². The Morgan fingerprint density at radius 3 is 2.36 bits per heavy atom. The van der Waals surface area contributed by atoms with E-state index in [9.17, 15) is 14.3 Å². The normalized spacial score (nSPS) is 14.3. The van der Waals surface area contributed by atoms with E-state index in [0.717, 1.165) is 16.6 Å². The molecular formula is C26H34N4O2S. The maximum absolute atomic E-state index is 12.9. The fraction of sp³-hybridized carbons (Fsp3) is 0.500. The number of fused-ring (bicyclic) bond motifs is 1. The van der Waals surface area contributed by atoms with Crippen LogP contribution in [0.5, 0.6) is 0 Å². The second kappa shape index (κ2) is 8.90. The van der Waals surface area contributed by atoms with Gasteiger partial charge in [-0.25, -0.2) is 9.78 Å². The second-order valence-electron chi connectivity index (χ2n) is 11.0. The van der Waals surface area contributed by atoms with Crippen LogP contribution in [0, 0.1) is 16.7 Å². The molecule has 1 unspecified atom stereocenters. The van der Waals surface area contributed by atoms with Gasteiger partial charge in [0.1, 0.15) is 0 Å². The van der Waals surface area contributed by atoms with E-state index in [-0.39, 0.29) is 21.8 Å². The van der Waals surface area contributed by atoms with Crippen molar-refractivity contribution in [2.45, 2.75) is 65.7 Å². The fourth-order valence-corrected chi connectivity index (χ4v) is 4.95. The first-order chi connectivity index (χ1) is 15.2. The van der Waals surface area contributed by atoms with E-state index in [4.69, 9.17) is 4.98 Å². The van der Waals surface area contributed by atoms with E-state index in [1.54, 1.807) is 22.2 Å². The molecular weight excluding hydrogens is 432 g/mol. The number of benzene rings is 1. The molecule has 3 rings (SSSR count). The molecule has 0 saturated heterocycles. The lowest BCUT2D eigenvalue weighted by Gasteiger charge is -2.21. The smallest absolute Gasteiger partial charge is 0.290 e. The van der Waals surface area contributed by atoms with Crippen molar-refractivity contribution in [3.8, 4) is 17.3 Å². The molecule has 0 aliphatic heterocycles. The van der Waals surface area contributed by atoms with Crippen molar-refractivity contribution in [2.24, 2.45) is 12.5 Å². The van der Waals surface area contributed by atoms with Gasteiger partial charge in [-0.2, -0.15) is 5.26 Å². The third-order valence-corrected chi connectivity index (χ3v) is 7.88. The van der Waals surface area contributed by atoms with Gasteiger partial charge in [0.25, 0.3) is 0 Å². The first-order valence-corrected chi connectivity index (χ1v) is 12.5. The van der Waals surface area contributed by atoms with Gasteiger partial charge in [0.15, 0.2) is 5.65 Å². The highest BCUT2D eigenvalue weighted by Gasteiger charge is 2.23. The van der Waals surface area contributed by atoms with Crippen molar-refractivity contribution in [3.63, 3.8) is 0 Å². The van der Waals surface area contributed by atoms with Crippen LogP contribution in [0.25, 0.3) is 22.4 Å². The molecule has 33 heavy (non-hydrogen) atoms. The summed E-state index contributed by atoms with van der Waals surface area (Å²) >= 11 is 0. The summed E-state index contributed by atoms with van der Waals surface area (Å²) in [6, 6.07) is 11.8. The number of pyridine rings is 1. The van der Waals surface area contributed by atoms with Crippen molar-refractivity contribution >= 4 is 22.0 Å². The molecule has 2 aromatic heterocycles. The lowest BCUT2D eigenvalue weighted by molar-refractivity contribution is 0.342. The van der Waals surface area contributed by atoms with Crippen LogP contribution in [-0.4, -0.2) is 28.8 Å². The fourth-order valence-electron chi connectivity index (χ4n) is 3.80. The molecule has 0 amide bonds. The van der Waals surface area contributed by atoms with E-state index in [0.29, 0.717) is 29.2 Å². The predicted molar refractivity (Wildman–Crippen MR) is 136 cm³/mol. The molecule has 0 spiro atoms. The molecule has 1 aromatic carbocycles. The van der Waals surface area contributed by atoms with Crippen LogP contribution < -0.4 is 5.69 Å². The zero-order valence-corrected chi connectivity index (χ0v) is 21.7. The summed E-state index contributed by atoms with van der Waals surface area (Å²) in [4.78, 5) is 17.7. The largest absolute Gasteiger partial charge is 0.330 e. The Labute approximate surface area is 198 Å². The van der Waals surface area contributed by atoms with E-state index in [1.165, 1.54) is 0 Å². The van der Waals surface area contributed by atoms with Gasteiger partial charge in [-0.15, -0.1) is 0 Å². The molecule has 3 aromatic rings. The van der Waals surface area contributed by atoms with Crippen LogP contribution in [0.15, 0.2) is 35.1 Å². The number of imidazole rings is 1. The van der Waals surface area contributed by atoms with Gasteiger partial charge in [0.2, 0.25) is 0 Å². The quantitative estimate of drug-likeness (QED) is 0.532. The van der Waals surface area contributed by atoms with Crippen molar-refractivity contribution in [1.29, 1.82) is 5.26 Å². The summed E-state index contributed by atoms with van der Waals surface area (Å²) in [5.41, 5.74) is 4.13.